The summed E-state index contributed by atoms with van der Waals surface area (Å²) in [6.45, 7) is 3.30. The molecule has 2 heterocycles. The summed E-state index contributed by atoms with van der Waals surface area (Å²) in [7, 11) is 0. The van der Waals surface area contributed by atoms with Crippen molar-refractivity contribution < 1.29 is 4.79 Å². The molecule has 1 amide bonds. The van der Waals surface area contributed by atoms with Crippen LogP contribution in [0.3, 0.4) is 0 Å². The summed E-state index contributed by atoms with van der Waals surface area (Å²) in [5.74, 6) is -0.221. The number of pyridine rings is 1. The molecule has 0 aliphatic heterocycles. The number of hydrogen-bond donors (Lipinski definition) is 1. The van der Waals surface area contributed by atoms with Crippen molar-refractivity contribution in [2.24, 2.45) is 0 Å². The Hall–Kier alpha value is -3.87. The van der Waals surface area contributed by atoms with Gasteiger partial charge in [0.2, 0.25) is 5.91 Å². The molecule has 7 heteroatoms. The molecule has 1 N–H and O–H groups in total. The first-order chi connectivity index (χ1) is 15.1. The van der Waals surface area contributed by atoms with E-state index in [1.807, 2.05) is 61.5 Å². The van der Waals surface area contributed by atoms with Crippen LogP contribution in [0.25, 0.3) is 11.0 Å². The maximum atomic E-state index is 12.7. The third-order valence-corrected chi connectivity index (χ3v) is 5.31. The van der Waals surface area contributed by atoms with E-state index < -0.39 is 0 Å². The number of rotatable bonds is 7. The maximum Gasteiger partial charge on any atom is 0.329 e. The zero-order valence-corrected chi connectivity index (χ0v) is 17.3. The van der Waals surface area contributed by atoms with Gasteiger partial charge in [-0.15, -0.1) is 0 Å². The van der Waals surface area contributed by atoms with Crippen molar-refractivity contribution in [1.82, 2.24) is 19.0 Å². The standard InChI is InChI=1S/C24H24N4O3/c1-2-27-20-7-3-4-8-21(20)28(24(27)31)17-22(29)25-15-18-10-12-19(13-11-18)16-26-14-6-5-9-23(26)30/h3-14H,2,15-17H2,1H3,(H,25,29). The van der Waals surface area contributed by atoms with Crippen molar-refractivity contribution in [2.75, 3.05) is 0 Å². The number of carbonyl (C=O) groups is 1. The van der Waals surface area contributed by atoms with Gasteiger partial charge >= 0.3 is 5.69 Å². The summed E-state index contributed by atoms with van der Waals surface area (Å²) in [5, 5.41) is 2.88. The molecular formula is C24H24N4O3. The summed E-state index contributed by atoms with van der Waals surface area (Å²) in [5.41, 5.74) is 3.31. The van der Waals surface area contributed by atoms with Crippen LogP contribution in [0.15, 0.2) is 82.5 Å². The smallest absolute Gasteiger partial charge is 0.329 e. The average molecular weight is 416 g/mol. The fourth-order valence-corrected chi connectivity index (χ4v) is 3.68. The zero-order chi connectivity index (χ0) is 21.8. The third kappa shape index (κ3) is 4.35. The number of aromatic nitrogens is 3. The van der Waals surface area contributed by atoms with Crippen LogP contribution in [0.5, 0.6) is 0 Å². The molecule has 158 valence electrons. The van der Waals surface area contributed by atoms with Crippen molar-refractivity contribution >= 4 is 16.9 Å². The quantitative estimate of drug-likeness (QED) is 0.502. The summed E-state index contributed by atoms with van der Waals surface area (Å²) in [6, 6.07) is 20.3. The lowest BCUT2D eigenvalue weighted by Gasteiger charge is -2.08. The highest BCUT2D eigenvalue weighted by Crippen LogP contribution is 2.12. The molecule has 0 aliphatic carbocycles. The van der Waals surface area contributed by atoms with Gasteiger partial charge in [0, 0.05) is 25.4 Å². The maximum absolute atomic E-state index is 12.7. The summed E-state index contributed by atoms with van der Waals surface area (Å²) >= 11 is 0. The first-order valence-corrected chi connectivity index (χ1v) is 10.2. The highest BCUT2D eigenvalue weighted by Gasteiger charge is 2.14. The topological polar surface area (TPSA) is 78.0 Å². The Labute approximate surface area is 179 Å². The molecule has 2 aromatic carbocycles. The molecule has 0 fully saturated rings. The Bertz CT molecular complexity index is 1330. The van der Waals surface area contributed by atoms with E-state index >= 15 is 0 Å². The van der Waals surface area contributed by atoms with Gasteiger partial charge in [0.05, 0.1) is 17.6 Å². The van der Waals surface area contributed by atoms with Crippen molar-refractivity contribution in [3.8, 4) is 0 Å². The Morgan fingerprint density at radius 2 is 1.48 bits per heavy atom. The second kappa shape index (κ2) is 8.87. The number of hydrogen-bond acceptors (Lipinski definition) is 3. The molecule has 31 heavy (non-hydrogen) atoms. The van der Waals surface area contributed by atoms with Crippen LogP contribution < -0.4 is 16.6 Å². The third-order valence-electron chi connectivity index (χ3n) is 5.31. The van der Waals surface area contributed by atoms with Crippen molar-refractivity contribution in [3.05, 3.63) is 105 Å². The molecular weight excluding hydrogens is 392 g/mol. The van der Waals surface area contributed by atoms with E-state index in [-0.39, 0.29) is 23.7 Å². The minimum atomic E-state index is -0.221. The van der Waals surface area contributed by atoms with E-state index in [4.69, 9.17) is 0 Å². The van der Waals surface area contributed by atoms with Crippen LogP contribution in [-0.2, 0) is 31.0 Å². The largest absolute Gasteiger partial charge is 0.350 e. The normalized spacial score (nSPS) is 11.0. The monoisotopic (exact) mass is 416 g/mol. The van der Waals surface area contributed by atoms with Gasteiger partial charge in [-0.25, -0.2) is 4.79 Å². The lowest BCUT2D eigenvalue weighted by molar-refractivity contribution is -0.121. The average Bonchev–Trinajstić information content (AvgIpc) is 3.05. The van der Waals surface area contributed by atoms with Gasteiger partial charge in [-0.1, -0.05) is 42.5 Å². The molecule has 0 aliphatic rings. The van der Waals surface area contributed by atoms with Crippen molar-refractivity contribution in [1.29, 1.82) is 0 Å². The Morgan fingerprint density at radius 3 is 2.16 bits per heavy atom. The fraction of sp³-hybridized carbons (Fsp3) is 0.208. The van der Waals surface area contributed by atoms with Gasteiger partial charge in [-0.2, -0.15) is 0 Å². The Morgan fingerprint density at radius 1 is 0.839 bits per heavy atom. The molecule has 4 rings (SSSR count). The number of imidazole rings is 1. The van der Waals surface area contributed by atoms with Gasteiger partial charge in [-0.05, 0) is 36.2 Å². The van der Waals surface area contributed by atoms with Crippen LogP contribution in [0.4, 0.5) is 0 Å². The number of nitrogens with zero attached hydrogens (tertiary/aromatic N) is 3. The Kier molecular flexibility index (Phi) is 5.84. The number of carbonyl (C=O) groups excluding carboxylic acids is 1. The minimum absolute atomic E-state index is 0.0264. The van der Waals surface area contributed by atoms with Crippen LogP contribution in [0, 0.1) is 0 Å². The molecule has 4 aromatic rings. The number of amides is 1. The first kappa shape index (κ1) is 20.4. The number of fused-ring (bicyclic) bond motifs is 1. The van der Waals surface area contributed by atoms with Crippen molar-refractivity contribution in [3.63, 3.8) is 0 Å². The summed E-state index contributed by atoms with van der Waals surface area (Å²) in [6.07, 6.45) is 1.76. The van der Waals surface area contributed by atoms with E-state index in [9.17, 15) is 14.4 Å². The molecule has 0 spiro atoms. The highest BCUT2D eigenvalue weighted by atomic mass is 16.2. The SMILES string of the molecule is CCn1c(=O)n(CC(=O)NCc2ccc(Cn3ccccc3=O)cc2)c2ccccc21. The number of benzene rings is 2. The zero-order valence-electron chi connectivity index (χ0n) is 17.3. The fourth-order valence-electron chi connectivity index (χ4n) is 3.68. The highest BCUT2D eigenvalue weighted by molar-refractivity contribution is 5.80. The molecule has 0 radical (unpaired) electrons. The molecule has 0 saturated carbocycles. The van der Waals surface area contributed by atoms with Gasteiger partial charge in [0.25, 0.3) is 5.56 Å². The molecule has 0 atom stereocenters. The molecule has 2 aromatic heterocycles. The second-order valence-electron chi connectivity index (χ2n) is 7.36. The van der Waals surface area contributed by atoms with E-state index in [1.165, 1.54) is 10.6 Å². The molecule has 7 nitrogen and oxygen atoms in total. The van der Waals surface area contributed by atoms with Gasteiger partial charge in [0.15, 0.2) is 0 Å². The molecule has 0 bridgehead atoms. The van der Waals surface area contributed by atoms with E-state index in [0.717, 1.165) is 22.2 Å². The number of aryl methyl sites for hydroxylation is 1. The predicted molar refractivity (Wildman–Crippen MR) is 120 cm³/mol. The molecule has 0 unspecified atom stereocenters. The van der Waals surface area contributed by atoms with Crippen LogP contribution in [0.1, 0.15) is 18.1 Å². The van der Waals surface area contributed by atoms with Gasteiger partial charge < -0.3 is 9.88 Å². The van der Waals surface area contributed by atoms with E-state index in [2.05, 4.69) is 5.32 Å². The Balaban J connectivity index is 1.40. The van der Waals surface area contributed by atoms with Gasteiger partial charge in [0.1, 0.15) is 6.54 Å². The van der Waals surface area contributed by atoms with E-state index in [1.54, 1.807) is 21.4 Å². The molecule has 0 saturated heterocycles. The summed E-state index contributed by atoms with van der Waals surface area (Å²) in [4.78, 5) is 37.0. The minimum Gasteiger partial charge on any atom is -0.350 e. The van der Waals surface area contributed by atoms with Crippen LogP contribution >= 0.6 is 0 Å². The second-order valence-corrected chi connectivity index (χ2v) is 7.36. The van der Waals surface area contributed by atoms with Crippen LogP contribution in [-0.4, -0.2) is 19.6 Å². The number of para-hydroxylation sites is 2. The predicted octanol–water partition coefficient (Wildman–Crippen LogP) is 2.35. The lowest BCUT2D eigenvalue weighted by Crippen LogP contribution is -2.32. The first-order valence-electron chi connectivity index (χ1n) is 10.2. The van der Waals surface area contributed by atoms with Gasteiger partial charge in [-0.3, -0.25) is 18.7 Å². The summed E-state index contributed by atoms with van der Waals surface area (Å²) < 4.78 is 4.82. The van der Waals surface area contributed by atoms with Crippen LogP contribution in [0.2, 0.25) is 0 Å². The number of nitrogens with one attached hydrogen (secondary N) is 1. The van der Waals surface area contributed by atoms with Crippen molar-refractivity contribution in [2.45, 2.75) is 33.1 Å². The lowest BCUT2D eigenvalue weighted by atomic mass is 10.1. The van der Waals surface area contributed by atoms with E-state index in [0.29, 0.717) is 19.6 Å².